The number of rotatable bonds is 4. The third kappa shape index (κ3) is 1.76. The summed E-state index contributed by atoms with van der Waals surface area (Å²) in [7, 11) is 0. The summed E-state index contributed by atoms with van der Waals surface area (Å²) in [5.74, 6) is 1.69. The van der Waals surface area contributed by atoms with Gasteiger partial charge in [0.05, 0.1) is 12.8 Å². The summed E-state index contributed by atoms with van der Waals surface area (Å²) in [6.07, 6.45) is 2.93. The van der Waals surface area contributed by atoms with Crippen LogP contribution in [0.15, 0.2) is 47.1 Å². The normalized spacial score (nSPS) is 17.9. The molecule has 82 valence electrons. The van der Waals surface area contributed by atoms with Crippen molar-refractivity contribution in [3.63, 3.8) is 0 Å². The van der Waals surface area contributed by atoms with E-state index in [2.05, 4.69) is 29.6 Å². The summed E-state index contributed by atoms with van der Waals surface area (Å²) in [6.45, 7) is 1.86. The van der Waals surface area contributed by atoms with Crippen molar-refractivity contribution in [3.8, 4) is 0 Å². The third-order valence-electron chi connectivity index (χ3n) is 3.23. The molecule has 1 aliphatic rings. The van der Waals surface area contributed by atoms with E-state index in [1.54, 1.807) is 6.26 Å². The van der Waals surface area contributed by atoms with Crippen LogP contribution in [-0.2, 0) is 13.0 Å². The van der Waals surface area contributed by atoms with Crippen molar-refractivity contribution in [2.75, 3.05) is 6.54 Å². The van der Waals surface area contributed by atoms with Crippen LogP contribution in [0, 0.1) is 0 Å². The molecule has 0 radical (unpaired) electrons. The summed E-state index contributed by atoms with van der Waals surface area (Å²) in [5.41, 5.74) is 3.02. The van der Waals surface area contributed by atoms with Crippen LogP contribution >= 0.6 is 0 Å². The molecule has 3 rings (SSSR count). The molecule has 2 heteroatoms. The van der Waals surface area contributed by atoms with E-state index in [0.717, 1.165) is 18.8 Å². The number of hydrogen-bond acceptors (Lipinski definition) is 2. The zero-order valence-electron chi connectivity index (χ0n) is 9.15. The zero-order chi connectivity index (χ0) is 10.8. The quantitative estimate of drug-likeness (QED) is 0.844. The van der Waals surface area contributed by atoms with Crippen molar-refractivity contribution in [1.29, 1.82) is 0 Å². The molecule has 1 unspecified atom stereocenters. The third-order valence-corrected chi connectivity index (χ3v) is 3.23. The minimum atomic E-state index is 0.686. The van der Waals surface area contributed by atoms with Crippen LogP contribution in [0.5, 0.6) is 0 Å². The van der Waals surface area contributed by atoms with E-state index in [-0.39, 0.29) is 0 Å². The number of furan rings is 1. The van der Waals surface area contributed by atoms with Gasteiger partial charge >= 0.3 is 0 Å². The molecular weight excluding hydrogens is 198 g/mol. The molecule has 0 saturated carbocycles. The lowest BCUT2D eigenvalue weighted by molar-refractivity contribution is 0.462. The lowest BCUT2D eigenvalue weighted by atomic mass is 9.77. The first-order chi connectivity index (χ1) is 7.93. The van der Waals surface area contributed by atoms with Crippen LogP contribution < -0.4 is 5.32 Å². The van der Waals surface area contributed by atoms with Crippen molar-refractivity contribution < 1.29 is 4.42 Å². The Bertz CT molecular complexity index is 461. The van der Waals surface area contributed by atoms with Crippen molar-refractivity contribution in [1.82, 2.24) is 5.32 Å². The van der Waals surface area contributed by atoms with Gasteiger partial charge in [0, 0.05) is 12.5 Å². The summed E-state index contributed by atoms with van der Waals surface area (Å²) in [6, 6.07) is 12.6. The molecule has 0 fully saturated rings. The van der Waals surface area contributed by atoms with Crippen LogP contribution in [0.2, 0.25) is 0 Å². The second-order valence-corrected chi connectivity index (χ2v) is 4.31. The van der Waals surface area contributed by atoms with Gasteiger partial charge in [-0.05, 0) is 29.7 Å². The van der Waals surface area contributed by atoms with Gasteiger partial charge in [0.1, 0.15) is 5.76 Å². The van der Waals surface area contributed by atoms with Crippen LogP contribution in [0.4, 0.5) is 0 Å². The summed E-state index contributed by atoms with van der Waals surface area (Å²) < 4.78 is 5.27. The number of benzene rings is 1. The SMILES string of the molecule is c1coc(CNCC2Cc3ccccc32)c1. The molecule has 16 heavy (non-hydrogen) atoms. The zero-order valence-corrected chi connectivity index (χ0v) is 9.15. The first-order valence-electron chi connectivity index (χ1n) is 5.74. The van der Waals surface area contributed by atoms with E-state index in [0.29, 0.717) is 5.92 Å². The fraction of sp³-hybridized carbons (Fsp3) is 0.286. The Hall–Kier alpha value is -1.54. The Morgan fingerprint density at radius 2 is 2.12 bits per heavy atom. The molecule has 0 amide bonds. The molecule has 1 aromatic heterocycles. The predicted molar refractivity (Wildman–Crippen MR) is 63.3 cm³/mol. The van der Waals surface area contributed by atoms with E-state index in [1.807, 2.05) is 12.1 Å². The Kier molecular flexibility index (Phi) is 2.50. The van der Waals surface area contributed by atoms with Crippen LogP contribution in [0.25, 0.3) is 0 Å². The Morgan fingerprint density at radius 3 is 2.94 bits per heavy atom. The number of hydrogen-bond donors (Lipinski definition) is 1. The lowest BCUT2D eigenvalue weighted by Crippen LogP contribution is -2.28. The van der Waals surface area contributed by atoms with E-state index in [1.165, 1.54) is 17.5 Å². The van der Waals surface area contributed by atoms with Crippen molar-refractivity contribution >= 4 is 0 Å². The van der Waals surface area contributed by atoms with E-state index in [4.69, 9.17) is 4.42 Å². The molecule has 2 nitrogen and oxygen atoms in total. The predicted octanol–water partition coefficient (Wildman–Crippen LogP) is 2.71. The molecule has 1 aliphatic carbocycles. The molecule has 0 spiro atoms. The molecule has 0 bridgehead atoms. The largest absolute Gasteiger partial charge is 0.468 e. The number of fused-ring (bicyclic) bond motifs is 1. The molecule has 0 aliphatic heterocycles. The Morgan fingerprint density at radius 1 is 1.19 bits per heavy atom. The molecule has 1 aromatic carbocycles. The van der Waals surface area contributed by atoms with Crippen LogP contribution in [0.1, 0.15) is 22.8 Å². The van der Waals surface area contributed by atoms with Gasteiger partial charge in [-0.25, -0.2) is 0 Å². The highest BCUT2D eigenvalue weighted by Gasteiger charge is 2.24. The molecule has 0 saturated heterocycles. The van der Waals surface area contributed by atoms with Gasteiger partial charge in [0.25, 0.3) is 0 Å². The molecule has 1 N–H and O–H groups in total. The molecule has 1 atom stereocenters. The standard InChI is InChI=1S/C14H15NO/c1-2-6-14-11(4-1)8-12(14)9-15-10-13-5-3-7-16-13/h1-7,12,15H,8-10H2. The van der Waals surface area contributed by atoms with E-state index < -0.39 is 0 Å². The van der Waals surface area contributed by atoms with Crippen molar-refractivity contribution in [2.45, 2.75) is 18.9 Å². The summed E-state index contributed by atoms with van der Waals surface area (Å²) >= 11 is 0. The van der Waals surface area contributed by atoms with Gasteiger partial charge in [-0.1, -0.05) is 24.3 Å². The maximum atomic E-state index is 5.27. The minimum absolute atomic E-state index is 0.686. The Balaban J connectivity index is 1.52. The first-order valence-corrected chi connectivity index (χ1v) is 5.74. The fourth-order valence-electron chi connectivity index (χ4n) is 2.33. The average Bonchev–Trinajstić information content (AvgIpc) is 2.77. The van der Waals surface area contributed by atoms with Crippen molar-refractivity contribution in [2.24, 2.45) is 0 Å². The smallest absolute Gasteiger partial charge is 0.117 e. The second kappa shape index (κ2) is 4.14. The number of nitrogens with one attached hydrogen (secondary N) is 1. The Labute approximate surface area is 95.3 Å². The monoisotopic (exact) mass is 213 g/mol. The highest BCUT2D eigenvalue weighted by molar-refractivity contribution is 5.40. The first kappa shape index (κ1) is 9.67. The lowest BCUT2D eigenvalue weighted by Gasteiger charge is -2.30. The fourth-order valence-corrected chi connectivity index (χ4v) is 2.33. The van der Waals surface area contributed by atoms with E-state index in [9.17, 15) is 0 Å². The average molecular weight is 213 g/mol. The summed E-state index contributed by atoms with van der Waals surface area (Å²) in [4.78, 5) is 0. The van der Waals surface area contributed by atoms with Crippen LogP contribution in [-0.4, -0.2) is 6.54 Å². The topological polar surface area (TPSA) is 25.2 Å². The minimum Gasteiger partial charge on any atom is -0.468 e. The van der Waals surface area contributed by atoms with Crippen LogP contribution in [0.3, 0.4) is 0 Å². The van der Waals surface area contributed by atoms with Gasteiger partial charge < -0.3 is 9.73 Å². The second-order valence-electron chi connectivity index (χ2n) is 4.31. The molecule has 1 heterocycles. The highest BCUT2D eigenvalue weighted by atomic mass is 16.3. The molecule has 2 aromatic rings. The maximum Gasteiger partial charge on any atom is 0.117 e. The van der Waals surface area contributed by atoms with Gasteiger partial charge in [-0.3, -0.25) is 0 Å². The van der Waals surface area contributed by atoms with Gasteiger partial charge in [0.2, 0.25) is 0 Å². The van der Waals surface area contributed by atoms with E-state index >= 15 is 0 Å². The molecular formula is C14H15NO. The van der Waals surface area contributed by atoms with Gasteiger partial charge in [-0.2, -0.15) is 0 Å². The van der Waals surface area contributed by atoms with Gasteiger partial charge in [-0.15, -0.1) is 0 Å². The maximum absolute atomic E-state index is 5.27. The summed E-state index contributed by atoms with van der Waals surface area (Å²) in [5, 5.41) is 3.44. The highest BCUT2D eigenvalue weighted by Crippen LogP contribution is 2.33. The van der Waals surface area contributed by atoms with Gasteiger partial charge in [0.15, 0.2) is 0 Å². The van der Waals surface area contributed by atoms with Crippen molar-refractivity contribution in [3.05, 3.63) is 59.5 Å².